The fourth-order valence-corrected chi connectivity index (χ4v) is 5.88. The summed E-state index contributed by atoms with van der Waals surface area (Å²) < 4.78 is 38.4. The zero-order chi connectivity index (χ0) is 27.5. The number of carboxylic acid groups (broad SMARTS) is 1. The summed E-state index contributed by atoms with van der Waals surface area (Å²) in [6.45, 7) is 3.31. The van der Waals surface area contributed by atoms with Crippen LogP contribution < -0.4 is 10.1 Å². The molecule has 2 atom stereocenters. The van der Waals surface area contributed by atoms with Gasteiger partial charge in [-0.05, 0) is 62.4 Å². The molecular formula is C27H35N3O7S. The minimum Gasteiger partial charge on any atom is -0.491 e. The van der Waals surface area contributed by atoms with Crippen LogP contribution in [0.5, 0.6) is 5.75 Å². The molecule has 1 heterocycles. The summed E-state index contributed by atoms with van der Waals surface area (Å²) in [4.78, 5) is 25.0. The highest BCUT2D eigenvalue weighted by Crippen LogP contribution is 2.26. The number of nitrogens with zero attached hydrogens (tertiary/aromatic N) is 1. The predicted molar refractivity (Wildman–Crippen MR) is 142 cm³/mol. The Balaban J connectivity index is 1.52. The molecule has 0 bridgehead atoms. The van der Waals surface area contributed by atoms with Crippen molar-refractivity contribution in [2.75, 3.05) is 26.4 Å². The van der Waals surface area contributed by atoms with Gasteiger partial charge in [-0.3, -0.25) is 4.79 Å². The molecule has 0 saturated carbocycles. The van der Waals surface area contributed by atoms with Crippen molar-refractivity contribution < 1.29 is 32.6 Å². The summed E-state index contributed by atoms with van der Waals surface area (Å²) in [5.74, 6) is -1.22. The van der Waals surface area contributed by atoms with Gasteiger partial charge in [0.15, 0.2) is 0 Å². The van der Waals surface area contributed by atoms with E-state index in [-0.39, 0.29) is 17.9 Å². The molecule has 206 valence electrons. The lowest BCUT2D eigenvalue weighted by Gasteiger charge is -2.25. The molecule has 0 aromatic heterocycles. The number of carbonyl (C=O) groups is 2. The lowest BCUT2D eigenvalue weighted by Crippen LogP contribution is -2.51. The van der Waals surface area contributed by atoms with Crippen molar-refractivity contribution >= 4 is 27.6 Å². The molecule has 10 nitrogen and oxygen atoms in total. The highest BCUT2D eigenvalue weighted by molar-refractivity contribution is 7.89. The first-order valence-electron chi connectivity index (χ1n) is 12.6. The zero-order valence-electron chi connectivity index (χ0n) is 21.5. The fraction of sp³-hybridized carbons (Fsp3) is 0.444. The van der Waals surface area contributed by atoms with Crippen LogP contribution in [-0.4, -0.2) is 73.9 Å². The number of sulfonamides is 1. The minimum atomic E-state index is -3.88. The van der Waals surface area contributed by atoms with Gasteiger partial charge in [0.25, 0.3) is 0 Å². The molecule has 1 saturated heterocycles. The van der Waals surface area contributed by atoms with E-state index in [1.165, 1.54) is 12.1 Å². The van der Waals surface area contributed by atoms with Gasteiger partial charge in [-0.25, -0.2) is 13.2 Å². The van der Waals surface area contributed by atoms with Gasteiger partial charge in [-0.1, -0.05) is 30.3 Å². The van der Waals surface area contributed by atoms with Crippen LogP contribution in [0.1, 0.15) is 38.2 Å². The van der Waals surface area contributed by atoms with Crippen molar-refractivity contribution in [2.45, 2.75) is 56.0 Å². The first kappa shape index (κ1) is 29.3. The number of ether oxygens (including phenoxy) is 2. The Kier molecular flexibility index (Phi) is 10.8. The number of aliphatic carboxylic acids is 1. The third-order valence-electron chi connectivity index (χ3n) is 6.17. The molecule has 1 aliphatic heterocycles. The number of nitrogens with one attached hydrogen (secondary N) is 2. The molecule has 0 radical (unpaired) electrons. The number of benzene rings is 2. The molecule has 3 rings (SSSR count). The first-order chi connectivity index (χ1) is 18.2. The van der Waals surface area contributed by atoms with Crippen LogP contribution in [-0.2, 0) is 30.8 Å². The number of carbonyl (C=O) groups excluding carboxylic acids is 1. The summed E-state index contributed by atoms with van der Waals surface area (Å²) in [6, 6.07) is 12.6. The Labute approximate surface area is 223 Å². The van der Waals surface area contributed by atoms with Gasteiger partial charge in [0.2, 0.25) is 15.9 Å². The molecule has 0 spiro atoms. The van der Waals surface area contributed by atoms with Crippen LogP contribution >= 0.6 is 0 Å². The lowest BCUT2D eigenvalue weighted by atomic mass is 10.1. The van der Waals surface area contributed by atoms with Gasteiger partial charge in [-0.2, -0.15) is 4.31 Å². The Morgan fingerprint density at radius 1 is 1.11 bits per heavy atom. The maximum absolute atomic E-state index is 13.1. The van der Waals surface area contributed by atoms with Crippen LogP contribution in [0.4, 0.5) is 0 Å². The Morgan fingerprint density at radius 2 is 1.82 bits per heavy atom. The SMILES string of the molecule is CC(=N)CCCOCCOc1ccc(C[C@H](NC(=O)[C@@H]2CCCN2S(=O)(=O)c2ccccc2)C(=O)O)cc1. The third-order valence-corrected chi connectivity index (χ3v) is 8.09. The van der Waals surface area contributed by atoms with E-state index in [0.29, 0.717) is 56.1 Å². The van der Waals surface area contributed by atoms with Crippen LogP contribution in [0.15, 0.2) is 59.5 Å². The molecule has 0 unspecified atom stereocenters. The molecule has 1 fully saturated rings. The van der Waals surface area contributed by atoms with Crippen LogP contribution in [0.25, 0.3) is 0 Å². The highest BCUT2D eigenvalue weighted by Gasteiger charge is 2.40. The fourth-order valence-electron chi connectivity index (χ4n) is 4.20. The lowest BCUT2D eigenvalue weighted by molar-refractivity contribution is -0.142. The Bertz CT molecular complexity index is 1190. The smallest absolute Gasteiger partial charge is 0.326 e. The quantitative estimate of drug-likeness (QED) is 0.230. The van der Waals surface area contributed by atoms with Gasteiger partial charge in [0, 0.05) is 25.3 Å². The topological polar surface area (TPSA) is 146 Å². The molecule has 11 heteroatoms. The largest absolute Gasteiger partial charge is 0.491 e. The predicted octanol–water partition coefficient (Wildman–Crippen LogP) is 2.87. The summed E-state index contributed by atoms with van der Waals surface area (Å²) in [5, 5.41) is 19.6. The number of hydrogen-bond donors (Lipinski definition) is 3. The standard InChI is InChI=1S/C27H35N3O7S/c1-20(28)7-6-16-36-17-18-37-22-13-11-21(12-14-22)19-24(27(32)33)29-26(31)25-10-5-15-30(25)38(34,35)23-8-3-2-4-9-23/h2-4,8-9,11-14,24-25,28H,5-7,10,15-19H2,1H3,(H,29,31)(H,32,33)/t24-,25-/m0/s1. The van der Waals surface area contributed by atoms with Crippen LogP contribution in [0, 0.1) is 5.41 Å². The number of amides is 1. The molecule has 2 aromatic rings. The molecule has 0 aliphatic carbocycles. The number of carboxylic acids is 1. The van der Waals surface area contributed by atoms with Gasteiger partial charge in [0.05, 0.1) is 11.5 Å². The van der Waals surface area contributed by atoms with E-state index >= 15 is 0 Å². The van der Waals surface area contributed by atoms with Gasteiger partial charge >= 0.3 is 5.97 Å². The molecule has 1 amide bonds. The molecule has 3 N–H and O–H groups in total. The van der Waals surface area contributed by atoms with Crippen molar-refractivity contribution in [2.24, 2.45) is 0 Å². The van der Waals surface area contributed by atoms with E-state index in [2.05, 4.69) is 5.32 Å². The summed E-state index contributed by atoms with van der Waals surface area (Å²) in [5.41, 5.74) is 1.31. The second kappa shape index (κ2) is 14.0. The van der Waals surface area contributed by atoms with Crippen LogP contribution in [0.3, 0.4) is 0 Å². The number of hydrogen-bond acceptors (Lipinski definition) is 7. The first-order valence-corrected chi connectivity index (χ1v) is 14.1. The van der Waals surface area contributed by atoms with E-state index < -0.39 is 34.0 Å². The van der Waals surface area contributed by atoms with Crippen LogP contribution in [0.2, 0.25) is 0 Å². The number of rotatable bonds is 15. The van der Waals surface area contributed by atoms with E-state index in [1.807, 2.05) is 0 Å². The molecule has 2 aromatic carbocycles. The molecular weight excluding hydrogens is 510 g/mol. The average Bonchev–Trinajstić information content (AvgIpc) is 3.40. The van der Waals surface area contributed by atoms with Gasteiger partial charge in [-0.15, -0.1) is 0 Å². The third kappa shape index (κ3) is 8.37. The van der Waals surface area contributed by atoms with Crippen molar-refractivity contribution in [3.8, 4) is 5.75 Å². The zero-order valence-corrected chi connectivity index (χ0v) is 22.3. The van der Waals surface area contributed by atoms with E-state index in [9.17, 15) is 23.1 Å². The normalized spacial score (nSPS) is 16.6. The van der Waals surface area contributed by atoms with Gasteiger partial charge < -0.3 is 25.3 Å². The van der Waals surface area contributed by atoms with Crippen molar-refractivity contribution in [1.29, 1.82) is 5.41 Å². The minimum absolute atomic E-state index is 0.0368. The van der Waals surface area contributed by atoms with Crippen molar-refractivity contribution in [3.63, 3.8) is 0 Å². The van der Waals surface area contributed by atoms with Gasteiger partial charge in [0.1, 0.15) is 24.4 Å². The van der Waals surface area contributed by atoms with E-state index in [1.54, 1.807) is 49.4 Å². The van der Waals surface area contributed by atoms with Crippen molar-refractivity contribution in [3.05, 3.63) is 60.2 Å². The second-order valence-corrected chi connectivity index (χ2v) is 11.1. The van der Waals surface area contributed by atoms with E-state index in [4.69, 9.17) is 14.9 Å². The monoisotopic (exact) mass is 545 g/mol. The van der Waals surface area contributed by atoms with Crippen molar-refractivity contribution in [1.82, 2.24) is 9.62 Å². The summed E-state index contributed by atoms with van der Waals surface area (Å²) in [6.07, 6.45) is 2.38. The second-order valence-electron chi connectivity index (χ2n) is 9.18. The molecule has 38 heavy (non-hydrogen) atoms. The Morgan fingerprint density at radius 3 is 2.47 bits per heavy atom. The maximum atomic E-state index is 13.1. The average molecular weight is 546 g/mol. The van der Waals surface area contributed by atoms with E-state index in [0.717, 1.165) is 10.7 Å². The summed E-state index contributed by atoms with van der Waals surface area (Å²) >= 11 is 0. The summed E-state index contributed by atoms with van der Waals surface area (Å²) in [7, 11) is -3.88. The Hall–Kier alpha value is -3.28. The maximum Gasteiger partial charge on any atom is 0.326 e. The molecule has 1 aliphatic rings. The highest BCUT2D eigenvalue weighted by atomic mass is 32.2.